The van der Waals surface area contributed by atoms with Crippen molar-refractivity contribution in [3.8, 4) is 5.88 Å². The molecule has 0 radical (unpaired) electrons. The Bertz CT molecular complexity index is 700. The van der Waals surface area contributed by atoms with Gasteiger partial charge in [0, 0.05) is 50.8 Å². The molecule has 0 aromatic carbocycles. The second kappa shape index (κ2) is 8.60. The number of nitrogens with zero attached hydrogens (tertiary/aromatic N) is 3. The maximum atomic E-state index is 12.3. The first-order valence-electron chi connectivity index (χ1n) is 9.18. The highest BCUT2D eigenvalue weighted by molar-refractivity contribution is 14.0. The van der Waals surface area contributed by atoms with E-state index in [9.17, 15) is 13.2 Å². The van der Waals surface area contributed by atoms with Crippen LogP contribution in [0, 0.1) is 11.8 Å². The number of guanidine groups is 1. The smallest absolute Gasteiger partial charge is 0.422 e. The predicted molar refractivity (Wildman–Crippen MR) is 108 cm³/mol. The van der Waals surface area contributed by atoms with Crippen LogP contribution in [0.2, 0.25) is 0 Å². The minimum Gasteiger partial charge on any atom is -0.468 e. The van der Waals surface area contributed by atoms with Crippen molar-refractivity contribution in [1.29, 1.82) is 0 Å². The second-order valence-corrected chi connectivity index (χ2v) is 7.33. The molecule has 4 rings (SSSR count). The summed E-state index contributed by atoms with van der Waals surface area (Å²) in [6, 6.07) is 3.26. The fourth-order valence-electron chi connectivity index (χ4n) is 4.44. The molecule has 0 aliphatic carbocycles. The molecule has 0 saturated carbocycles. The van der Waals surface area contributed by atoms with E-state index in [1.807, 2.05) is 0 Å². The van der Waals surface area contributed by atoms with E-state index in [2.05, 4.69) is 20.2 Å². The number of hydrogen-bond acceptors (Lipinski definition) is 4. The van der Waals surface area contributed by atoms with Crippen molar-refractivity contribution in [2.75, 3.05) is 26.7 Å². The molecule has 156 valence electrons. The zero-order valence-corrected chi connectivity index (χ0v) is 17.8. The summed E-state index contributed by atoms with van der Waals surface area (Å²) in [7, 11) is 1.74. The zero-order chi connectivity index (χ0) is 19.0. The normalized spacial score (nSPS) is 28.9. The molecular weight excluding hydrogens is 488 g/mol. The van der Waals surface area contributed by atoms with Crippen LogP contribution >= 0.6 is 24.0 Å². The Morgan fingerprint density at radius 1 is 1.32 bits per heavy atom. The van der Waals surface area contributed by atoms with Crippen LogP contribution in [0.25, 0.3) is 0 Å². The lowest BCUT2D eigenvalue weighted by molar-refractivity contribution is -0.154. The monoisotopic (exact) mass is 512 g/mol. The molecule has 2 bridgehead atoms. The van der Waals surface area contributed by atoms with Crippen molar-refractivity contribution in [3.05, 3.63) is 23.9 Å². The van der Waals surface area contributed by atoms with E-state index in [1.54, 1.807) is 13.1 Å². The largest absolute Gasteiger partial charge is 0.468 e. The van der Waals surface area contributed by atoms with Crippen molar-refractivity contribution < 1.29 is 22.6 Å². The lowest BCUT2D eigenvalue weighted by Crippen LogP contribution is -2.41. The van der Waals surface area contributed by atoms with Crippen molar-refractivity contribution in [3.63, 3.8) is 0 Å². The van der Waals surface area contributed by atoms with Gasteiger partial charge in [-0.2, -0.15) is 13.2 Å². The van der Waals surface area contributed by atoms with E-state index in [-0.39, 0.29) is 29.9 Å². The summed E-state index contributed by atoms with van der Waals surface area (Å²) in [5.74, 6) is 1.92. The third-order valence-corrected chi connectivity index (χ3v) is 5.60. The Hall–Kier alpha value is -1.30. The number of hydrogen-bond donors (Lipinski definition) is 1. The molecule has 3 aliphatic rings. The number of aromatic nitrogens is 1. The lowest BCUT2D eigenvalue weighted by atomic mass is 9.82. The maximum Gasteiger partial charge on any atom is 0.422 e. The molecule has 1 aromatic heterocycles. The quantitative estimate of drug-likeness (QED) is 0.382. The highest BCUT2D eigenvalue weighted by atomic mass is 127. The molecule has 4 heterocycles. The van der Waals surface area contributed by atoms with Gasteiger partial charge in [-0.1, -0.05) is 0 Å². The molecule has 3 saturated heterocycles. The van der Waals surface area contributed by atoms with Gasteiger partial charge in [0.25, 0.3) is 0 Å². The summed E-state index contributed by atoms with van der Waals surface area (Å²) in [6.45, 7) is 0.954. The highest BCUT2D eigenvalue weighted by Crippen LogP contribution is 2.47. The highest BCUT2D eigenvalue weighted by Gasteiger charge is 2.53. The summed E-state index contributed by atoms with van der Waals surface area (Å²) in [5.41, 5.74) is 0.783. The Balaban J connectivity index is 0.00000225. The maximum absolute atomic E-state index is 12.3. The Kier molecular flexibility index (Phi) is 6.58. The minimum atomic E-state index is -4.38. The minimum absolute atomic E-state index is 0. The van der Waals surface area contributed by atoms with Gasteiger partial charge in [-0.25, -0.2) is 4.98 Å². The topological polar surface area (TPSA) is 59.0 Å². The fraction of sp³-hybridized carbons (Fsp3) is 0.667. The van der Waals surface area contributed by atoms with Crippen molar-refractivity contribution >= 4 is 29.9 Å². The van der Waals surface area contributed by atoms with Crippen LogP contribution in [0.1, 0.15) is 18.4 Å². The van der Waals surface area contributed by atoms with Gasteiger partial charge >= 0.3 is 6.18 Å². The molecule has 10 heteroatoms. The van der Waals surface area contributed by atoms with Gasteiger partial charge in [0.05, 0.1) is 12.2 Å². The summed E-state index contributed by atoms with van der Waals surface area (Å²) in [4.78, 5) is 10.4. The third kappa shape index (κ3) is 4.64. The zero-order valence-electron chi connectivity index (χ0n) is 15.5. The van der Waals surface area contributed by atoms with Crippen LogP contribution in [0.4, 0.5) is 13.2 Å². The van der Waals surface area contributed by atoms with Gasteiger partial charge in [-0.15, -0.1) is 24.0 Å². The van der Waals surface area contributed by atoms with E-state index in [0.29, 0.717) is 30.6 Å². The molecule has 4 atom stereocenters. The Morgan fingerprint density at radius 3 is 2.61 bits per heavy atom. The first-order valence-corrected chi connectivity index (χ1v) is 9.18. The van der Waals surface area contributed by atoms with Gasteiger partial charge < -0.3 is 19.7 Å². The second-order valence-electron chi connectivity index (χ2n) is 7.33. The molecule has 0 spiro atoms. The number of pyridine rings is 1. The van der Waals surface area contributed by atoms with Crippen LogP contribution in [-0.2, 0) is 11.3 Å². The van der Waals surface area contributed by atoms with E-state index in [4.69, 9.17) is 9.47 Å². The predicted octanol–water partition coefficient (Wildman–Crippen LogP) is 2.83. The third-order valence-electron chi connectivity index (χ3n) is 5.60. The van der Waals surface area contributed by atoms with E-state index < -0.39 is 12.8 Å². The SMILES string of the molecule is CN=C(NCc1ccnc(OCC(F)(F)F)c1)N1CC2C3CCC(O3)C2C1.I. The molecule has 3 aliphatic heterocycles. The molecule has 1 aromatic rings. The summed E-state index contributed by atoms with van der Waals surface area (Å²) < 4.78 is 47.5. The molecule has 0 amide bonds. The number of ether oxygens (including phenoxy) is 2. The molecule has 6 nitrogen and oxygen atoms in total. The molecule has 4 unspecified atom stereocenters. The number of rotatable bonds is 4. The van der Waals surface area contributed by atoms with Crippen LogP contribution < -0.4 is 10.1 Å². The molecule has 28 heavy (non-hydrogen) atoms. The Morgan fingerprint density at radius 2 is 2.00 bits per heavy atom. The number of nitrogens with one attached hydrogen (secondary N) is 1. The van der Waals surface area contributed by atoms with Crippen LogP contribution in [-0.4, -0.2) is 61.0 Å². The molecular formula is C18H24F3IN4O2. The lowest BCUT2D eigenvalue weighted by Gasteiger charge is -2.23. The number of alkyl halides is 3. The first-order chi connectivity index (χ1) is 12.9. The van der Waals surface area contributed by atoms with Gasteiger partial charge in [-0.3, -0.25) is 4.99 Å². The first kappa shape index (κ1) is 21.4. The van der Waals surface area contributed by atoms with E-state index in [1.165, 1.54) is 12.3 Å². The summed E-state index contributed by atoms with van der Waals surface area (Å²) >= 11 is 0. The van der Waals surface area contributed by atoms with Gasteiger partial charge in [0.1, 0.15) is 0 Å². The summed E-state index contributed by atoms with van der Waals surface area (Å²) in [6.07, 6.45) is 0.149. The van der Waals surface area contributed by atoms with E-state index in [0.717, 1.165) is 37.5 Å². The van der Waals surface area contributed by atoms with Gasteiger partial charge in [0.15, 0.2) is 12.6 Å². The number of fused-ring (bicyclic) bond motifs is 5. The Labute approximate surface area is 178 Å². The van der Waals surface area contributed by atoms with Crippen molar-refractivity contribution in [1.82, 2.24) is 15.2 Å². The van der Waals surface area contributed by atoms with Crippen molar-refractivity contribution in [2.24, 2.45) is 16.8 Å². The summed E-state index contributed by atoms with van der Waals surface area (Å²) in [5, 5.41) is 3.30. The standard InChI is InChI=1S/C18H23F3N4O2.HI/c1-22-17(25-8-12-13(9-25)15-3-2-14(12)27-15)24-7-11-4-5-23-16(6-11)26-10-18(19,20)21;/h4-6,12-15H,2-3,7-10H2,1H3,(H,22,24);1H. The number of halogens is 4. The van der Waals surface area contributed by atoms with Gasteiger partial charge in [-0.05, 0) is 24.5 Å². The van der Waals surface area contributed by atoms with E-state index >= 15 is 0 Å². The van der Waals surface area contributed by atoms with Crippen LogP contribution in [0.3, 0.4) is 0 Å². The van der Waals surface area contributed by atoms with Gasteiger partial charge in [0.2, 0.25) is 5.88 Å². The number of aliphatic imine (C=N–C) groups is 1. The van der Waals surface area contributed by atoms with Crippen molar-refractivity contribution in [2.45, 2.75) is 37.8 Å². The van der Waals surface area contributed by atoms with Crippen LogP contribution in [0.5, 0.6) is 5.88 Å². The molecule has 1 N–H and O–H groups in total. The van der Waals surface area contributed by atoms with Crippen LogP contribution in [0.15, 0.2) is 23.3 Å². The fourth-order valence-corrected chi connectivity index (χ4v) is 4.44. The average Bonchev–Trinajstić information content (AvgIpc) is 3.33. The molecule has 3 fully saturated rings. The number of likely N-dealkylation sites (tertiary alicyclic amines) is 1. The average molecular weight is 512 g/mol.